The van der Waals surface area contributed by atoms with E-state index in [4.69, 9.17) is 47.4 Å². The monoisotopic (exact) mass is 1240 g/mol. The van der Waals surface area contributed by atoms with Gasteiger partial charge in [0.25, 0.3) is 0 Å². The lowest BCUT2D eigenvalue weighted by Gasteiger charge is -2.71. The van der Waals surface area contributed by atoms with E-state index in [1.54, 1.807) is 0 Å². The molecule has 10 rings (SSSR count). The van der Waals surface area contributed by atoms with Crippen molar-refractivity contribution < 1.29 is 134 Å². The van der Waals surface area contributed by atoms with Gasteiger partial charge in [-0.25, -0.2) is 0 Å². The number of carbonyl (C=O) groups excluding carboxylic acids is 1. The maximum atomic E-state index is 15.2. The first-order valence-electron chi connectivity index (χ1n) is 30.7. The normalized spacial score (nSPS) is 54.5. The Kier molecular flexibility index (Phi) is 19.2. The molecule has 0 aromatic heterocycles. The average molecular weight is 1240 g/mol. The van der Waals surface area contributed by atoms with E-state index in [1.807, 2.05) is 13.8 Å². The summed E-state index contributed by atoms with van der Waals surface area (Å²) in [5, 5.41) is 173. The Hall–Kier alpha value is -1.79. The third kappa shape index (κ3) is 11.0. The third-order valence-corrected chi connectivity index (χ3v) is 23.3. The number of fused-ring (bicyclic) bond motifs is 7. The standard InChI is InChI=1S/C59H96O27/c1-23-33(63)45(84-49-42(72)39(69)36(66)27(20-61)81-49)44(74)51(79-23)85-46-34(64)25(62)21-77-52(46)83-31-12-13-56(6)29(55(31,4)5)11-14-58(8)30(56)10-9-24-32-47(75)54(2,3)15-17-59(32,18-16-57(24,58)7)53(76)86-50-43(73)40(70)37(67)28(82-50)22-78-48-41(71)38(68)35(65)26(19-60)80-48/h9,23,25-52,60-75H,10-22H2,1-8H3/t23-,25-,26+,27+,28+,29-,30+,31-,32+,33-,34-,35+,36+,37+,38-,39-,40-,41+,42+,43+,44+,45+,46+,47-,48+,49-,50-,51-,52-,56-,57+,58+,59-/m0/s1. The van der Waals surface area contributed by atoms with Crippen molar-refractivity contribution in [1.82, 2.24) is 0 Å². The molecule has 5 aliphatic heterocycles. The minimum Gasteiger partial charge on any atom is -0.432 e. The molecule has 5 aliphatic carbocycles. The molecule has 27 nitrogen and oxygen atoms in total. The van der Waals surface area contributed by atoms with Crippen LogP contribution in [-0.4, -0.2) is 274 Å². The molecule has 0 aromatic carbocycles. The summed E-state index contributed by atoms with van der Waals surface area (Å²) in [6.07, 6.45) is -33.2. The Morgan fingerprint density at radius 3 is 1.74 bits per heavy atom. The molecule has 0 radical (unpaired) electrons. The van der Waals surface area contributed by atoms with Crippen molar-refractivity contribution in [3.63, 3.8) is 0 Å². The molecule has 5 heterocycles. The predicted molar refractivity (Wildman–Crippen MR) is 289 cm³/mol. The van der Waals surface area contributed by atoms with Crippen LogP contribution in [0.15, 0.2) is 11.6 Å². The average Bonchev–Trinajstić information content (AvgIpc) is 0.685. The van der Waals surface area contributed by atoms with Gasteiger partial charge >= 0.3 is 5.97 Å². The van der Waals surface area contributed by atoms with Crippen molar-refractivity contribution in [2.24, 2.45) is 50.2 Å². The quantitative estimate of drug-likeness (QED) is 0.0482. The van der Waals surface area contributed by atoms with Gasteiger partial charge in [-0.2, -0.15) is 0 Å². The highest BCUT2D eigenvalue weighted by Crippen LogP contribution is 2.76. The number of carbonyl (C=O) groups is 1. The number of rotatable bonds is 13. The Balaban J connectivity index is 0.849. The highest BCUT2D eigenvalue weighted by atomic mass is 16.8. The Morgan fingerprint density at radius 2 is 1.10 bits per heavy atom. The van der Waals surface area contributed by atoms with Crippen molar-refractivity contribution in [3.05, 3.63) is 11.6 Å². The lowest BCUT2D eigenvalue weighted by atomic mass is 9.33. The lowest BCUT2D eigenvalue weighted by molar-refractivity contribution is -0.382. The van der Waals surface area contributed by atoms with E-state index in [2.05, 4.69) is 40.7 Å². The van der Waals surface area contributed by atoms with Crippen LogP contribution in [0.5, 0.6) is 0 Å². The zero-order valence-corrected chi connectivity index (χ0v) is 50.2. The summed E-state index contributed by atoms with van der Waals surface area (Å²) in [7, 11) is 0. The number of aliphatic hydroxyl groups is 16. The van der Waals surface area contributed by atoms with Crippen LogP contribution in [0.3, 0.4) is 0 Å². The number of hydrogen-bond donors (Lipinski definition) is 16. The van der Waals surface area contributed by atoms with E-state index in [0.717, 1.165) is 18.4 Å². The highest BCUT2D eigenvalue weighted by Gasteiger charge is 2.72. The first-order chi connectivity index (χ1) is 40.2. The number of ether oxygens (including phenoxy) is 10. The molecule has 86 heavy (non-hydrogen) atoms. The molecule has 0 amide bonds. The van der Waals surface area contributed by atoms with Gasteiger partial charge in [0.05, 0.1) is 50.2 Å². The van der Waals surface area contributed by atoms with Crippen LogP contribution in [0.25, 0.3) is 0 Å². The maximum absolute atomic E-state index is 15.2. The minimum atomic E-state index is -1.92. The lowest BCUT2D eigenvalue weighted by Crippen LogP contribution is -2.67. The molecule has 0 aromatic rings. The van der Waals surface area contributed by atoms with Gasteiger partial charge in [-0.05, 0) is 104 Å². The highest BCUT2D eigenvalue weighted by molar-refractivity contribution is 5.79. The fourth-order valence-electron chi connectivity index (χ4n) is 17.5. The molecule has 10 aliphatic rings. The van der Waals surface area contributed by atoms with Crippen molar-refractivity contribution >= 4 is 5.97 Å². The van der Waals surface area contributed by atoms with Crippen LogP contribution in [-0.2, 0) is 52.2 Å². The van der Waals surface area contributed by atoms with E-state index in [9.17, 15) is 81.7 Å². The molecule has 33 atom stereocenters. The number of aliphatic hydroxyl groups excluding tert-OH is 16. The van der Waals surface area contributed by atoms with Crippen LogP contribution < -0.4 is 0 Å². The van der Waals surface area contributed by atoms with Crippen molar-refractivity contribution in [2.45, 2.75) is 273 Å². The van der Waals surface area contributed by atoms with Crippen LogP contribution in [0.1, 0.15) is 113 Å². The van der Waals surface area contributed by atoms with Gasteiger partial charge < -0.3 is 129 Å². The summed E-state index contributed by atoms with van der Waals surface area (Å²) >= 11 is 0. The molecule has 16 N–H and O–H groups in total. The van der Waals surface area contributed by atoms with Crippen LogP contribution >= 0.6 is 0 Å². The van der Waals surface area contributed by atoms with Gasteiger partial charge in [0, 0.05) is 5.92 Å². The molecular weight excluding hydrogens is 1140 g/mol. The molecule has 0 spiro atoms. The van der Waals surface area contributed by atoms with E-state index in [-0.39, 0.29) is 29.3 Å². The molecule has 5 saturated heterocycles. The van der Waals surface area contributed by atoms with Gasteiger partial charge in [0.1, 0.15) is 110 Å². The van der Waals surface area contributed by atoms with Gasteiger partial charge in [0.15, 0.2) is 25.2 Å². The van der Waals surface area contributed by atoms with Crippen LogP contribution in [0.4, 0.5) is 0 Å². The van der Waals surface area contributed by atoms with Gasteiger partial charge in [-0.3, -0.25) is 4.79 Å². The summed E-state index contributed by atoms with van der Waals surface area (Å²) < 4.78 is 59.6. The molecule has 27 heteroatoms. The fraction of sp³-hybridized carbons (Fsp3) is 0.949. The fourth-order valence-corrected chi connectivity index (χ4v) is 17.5. The van der Waals surface area contributed by atoms with E-state index >= 15 is 4.79 Å². The number of allylic oxidation sites excluding steroid dienone is 1. The third-order valence-electron chi connectivity index (χ3n) is 23.3. The van der Waals surface area contributed by atoms with Crippen LogP contribution in [0, 0.1) is 50.2 Å². The molecule has 0 bridgehead atoms. The summed E-state index contributed by atoms with van der Waals surface area (Å²) in [5.74, 6) is -1.30. The van der Waals surface area contributed by atoms with Crippen molar-refractivity contribution in [2.75, 3.05) is 26.4 Å². The molecule has 0 unspecified atom stereocenters. The largest absolute Gasteiger partial charge is 0.432 e. The minimum absolute atomic E-state index is 0.0640. The topological polar surface area (TPSA) is 433 Å². The molecular formula is C59H96O27. The summed E-state index contributed by atoms with van der Waals surface area (Å²) in [5.41, 5.74) is -2.69. The van der Waals surface area contributed by atoms with Crippen molar-refractivity contribution in [1.29, 1.82) is 0 Å². The summed E-state index contributed by atoms with van der Waals surface area (Å²) in [6.45, 7) is 14.2. The van der Waals surface area contributed by atoms with E-state index in [1.165, 1.54) is 6.92 Å². The zero-order chi connectivity index (χ0) is 62.9. The molecule has 494 valence electrons. The number of esters is 1. The SMILES string of the molecule is C[C@@H]1O[C@@H](O[C@H]2[C@H](O[C@H]3CC[C@]4(C)[C@H]5CC=C6[C@@H]7[C@H](O)C(C)(C)CC[C@]7(C(=O)O[C@@H]7O[C@H](CO[C@@H]8O[C@H](CO)[C@@H](O)[C@H](O)[C@H]8O)[C@@H](O)[C@H](O)[C@H]7O)CC[C@@]6(C)[C@]5(C)CC[C@H]4C3(C)C)OC[C@H](O)[C@@H]2O)[C@H](O)[C@H](O[C@@H]2O[C@H](CO)[C@@H](O)[C@H](O)[C@H]2O)[C@H]1O. The Bertz CT molecular complexity index is 2400. The van der Waals surface area contributed by atoms with Gasteiger partial charge in [-0.15, -0.1) is 0 Å². The second-order valence-corrected chi connectivity index (χ2v) is 28.6. The summed E-state index contributed by atoms with van der Waals surface area (Å²) in [4.78, 5) is 15.2. The number of hydrogen-bond acceptors (Lipinski definition) is 27. The van der Waals surface area contributed by atoms with E-state index < -0.39 is 213 Å². The first-order valence-corrected chi connectivity index (χ1v) is 30.7. The maximum Gasteiger partial charge on any atom is 0.315 e. The second kappa shape index (κ2) is 24.6. The van der Waals surface area contributed by atoms with Crippen LogP contribution in [0.2, 0.25) is 0 Å². The smallest absolute Gasteiger partial charge is 0.315 e. The summed E-state index contributed by atoms with van der Waals surface area (Å²) in [6, 6.07) is 0. The first kappa shape index (κ1) is 67.1. The second-order valence-electron chi connectivity index (χ2n) is 28.6. The molecule has 4 saturated carbocycles. The van der Waals surface area contributed by atoms with E-state index in [0.29, 0.717) is 44.9 Å². The van der Waals surface area contributed by atoms with Crippen molar-refractivity contribution in [3.8, 4) is 0 Å². The Morgan fingerprint density at radius 1 is 0.547 bits per heavy atom. The predicted octanol–water partition coefficient (Wildman–Crippen LogP) is -3.57. The Labute approximate surface area is 499 Å². The molecule has 9 fully saturated rings. The van der Waals surface area contributed by atoms with Gasteiger partial charge in [0.2, 0.25) is 6.29 Å². The van der Waals surface area contributed by atoms with Gasteiger partial charge in [-0.1, -0.05) is 60.1 Å². The zero-order valence-electron chi connectivity index (χ0n) is 50.2.